The third-order valence-electron chi connectivity index (χ3n) is 22.0. The maximum Gasteiger partial charge on any atom is 0.311 e. The van der Waals surface area contributed by atoms with Crippen LogP contribution in [0.4, 0.5) is 0 Å². The summed E-state index contributed by atoms with van der Waals surface area (Å²) in [5.41, 5.74) is 13.7. The molecule has 4 aromatic rings. The number of hydrogen-bond donors (Lipinski definition) is 3. The molecule has 0 saturated carbocycles. The van der Waals surface area contributed by atoms with Crippen molar-refractivity contribution in [1.82, 2.24) is 14.7 Å². The Morgan fingerprint density at radius 2 is 0.903 bits per heavy atom. The minimum absolute atomic E-state index is 0. The van der Waals surface area contributed by atoms with Crippen LogP contribution < -0.4 is 14.2 Å². The largest absolute Gasteiger partial charge is 0.507 e. The first kappa shape index (κ1) is 85.9. The minimum Gasteiger partial charge on any atom is -0.507 e. The van der Waals surface area contributed by atoms with Crippen molar-refractivity contribution in [3.8, 4) is 34.5 Å². The third kappa shape index (κ3) is 26.5. The number of allylic oxidation sites excluding steroid dienone is 9. The van der Waals surface area contributed by atoms with Crippen LogP contribution in [0, 0.1) is 37.0 Å². The van der Waals surface area contributed by atoms with E-state index in [4.69, 9.17) is 14.2 Å². The molecule has 1 radical (unpaired) electrons. The van der Waals surface area contributed by atoms with Crippen LogP contribution in [-0.2, 0) is 72.9 Å². The summed E-state index contributed by atoms with van der Waals surface area (Å²) in [6.07, 6.45) is 27.6. The van der Waals surface area contributed by atoms with Crippen molar-refractivity contribution >= 4 is 17.9 Å². The van der Waals surface area contributed by atoms with Gasteiger partial charge in [0.05, 0.1) is 0 Å². The van der Waals surface area contributed by atoms with Gasteiger partial charge in [-0.05, 0) is 234 Å². The molecule has 3 aliphatic heterocycles. The summed E-state index contributed by atoms with van der Waals surface area (Å²) >= 11 is 0. The number of esters is 3. The van der Waals surface area contributed by atoms with Crippen LogP contribution in [0.5, 0.6) is 34.5 Å². The van der Waals surface area contributed by atoms with Crippen LogP contribution >= 0.6 is 0 Å². The Morgan fingerprint density at radius 3 is 1.23 bits per heavy atom. The number of carbonyl (C=O) groups excluding carboxylic acids is 3. The van der Waals surface area contributed by atoms with E-state index in [1.54, 1.807) is 0 Å². The molecule has 6 unspecified atom stereocenters. The molecule has 3 N–H and O–H groups in total. The van der Waals surface area contributed by atoms with E-state index in [9.17, 15) is 29.7 Å². The average Bonchev–Trinajstić information content (AvgIpc) is 1.38. The first-order valence-corrected chi connectivity index (χ1v) is 38.5. The number of aromatic hydroxyl groups is 3. The molecule has 12 nitrogen and oxygen atoms in total. The van der Waals surface area contributed by atoms with E-state index in [0.717, 1.165) is 193 Å². The molecule has 3 fully saturated rings. The summed E-state index contributed by atoms with van der Waals surface area (Å²) in [7, 11) is 4.19. The van der Waals surface area contributed by atoms with Gasteiger partial charge in [-0.2, -0.15) is 0 Å². The molecule has 0 bridgehead atoms. The molecule has 0 spiro atoms. The van der Waals surface area contributed by atoms with Crippen molar-refractivity contribution in [3.63, 3.8) is 0 Å². The number of carbonyl (C=O) groups is 3. The smallest absolute Gasteiger partial charge is 0.311 e. The molecule has 3 saturated heterocycles. The molecule has 10 rings (SSSR count). The Morgan fingerprint density at radius 1 is 0.544 bits per heavy atom. The molecular weight excluding hydrogens is 1360 g/mol. The van der Waals surface area contributed by atoms with Gasteiger partial charge in [-0.3, -0.25) is 26.2 Å². The number of ether oxygens (including phenoxy) is 3. The maximum absolute atomic E-state index is 13.1. The van der Waals surface area contributed by atoms with Gasteiger partial charge in [0.1, 0.15) is 34.5 Å². The Balaban J connectivity index is 0.000000236. The van der Waals surface area contributed by atoms with Gasteiger partial charge >= 0.3 is 11.9 Å². The second-order valence-electron chi connectivity index (χ2n) is 31.6. The molecule has 3 heterocycles. The fourth-order valence-corrected chi connectivity index (χ4v) is 15.4. The summed E-state index contributed by atoms with van der Waals surface area (Å²) in [5.74, 6) is 1.64. The van der Waals surface area contributed by atoms with Gasteiger partial charge in [0.15, 0.2) is 5.97 Å². The van der Waals surface area contributed by atoms with Crippen LogP contribution in [0.1, 0.15) is 255 Å². The second-order valence-corrected chi connectivity index (χ2v) is 31.6. The number of unbranched alkanes of at least 4 members (excludes halogenated alkanes) is 6. The van der Waals surface area contributed by atoms with Crippen molar-refractivity contribution in [2.45, 2.75) is 260 Å². The maximum atomic E-state index is 13.1. The predicted molar refractivity (Wildman–Crippen MR) is 419 cm³/mol. The van der Waals surface area contributed by atoms with Gasteiger partial charge in [-0.1, -0.05) is 175 Å². The zero-order chi connectivity index (χ0) is 74.5. The van der Waals surface area contributed by atoms with E-state index in [2.05, 4.69) is 174 Å². The normalized spacial score (nSPS) is 23.7. The zero-order valence-corrected chi connectivity index (χ0v) is 68.2. The van der Waals surface area contributed by atoms with E-state index in [-0.39, 0.29) is 103 Å². The van der Waals surface area contributed by atoms with Gasteiger partial charge in [-0.15, -0.1) is 6.04 Å². The van der Waals surface area contributed by atoms with E-state index >= 15 is 0 Å². The van der Waals surface area contributed by atoms with Crippen molar-refractivity contribution in [2.24, 2.45) is 23.2 Å². The summed E-state index contributed by atoms with van der Waals surface area (Å²) in [6, 6.07) is 23.5. The summed E-state index contributed by atoms with van der Waals surface area (Å²) in [5, 5.41) is 33.2. The van der Waals surface area contributed by atoms with Gasteiger partial charge in [0.25, 0.3) is 0 Å². The fourth-order valence-electron chi connectivity index (χ4n) is 15.4. The monoisotopic (exact) mass is 1480 g/mol. The number of hydrogen-bond acceptors (Lipinski definition) is 12. The molecule has 4 aromatic carbocycles. The van der Waals surface area contributed by atoms with Gasteiger partial charge in [-0.25, -0.2) is 0 Å². The molecule has 6 aliphatic rings. The van der Waals surface area contributed by atoms with Crippen LogP contribution in [-0.4, -0.2) is 99.8 Å². The Bertz CT molecular complexity index is 3600. The molecule has 12 atom stereocenters. The third-order valence-corrected chi connectivity index (χ3v) is 22.0. The summed E-state index contributed by atoms with van der Waals surface area (Å²) in [6.45, 7) is 47.5. The Labute approximate surface area is 646 Å². The second kappa shape index (κ2) is 41.2. The summed E-state index contributed by atoms with van der Waals surface area (Å²) in [4.78, 5) is 44.5. The number of phenols is 3. The molecular formula is C90H127N3O9Y-2. The van der Waals surface area contributed by atoms with Gasteiger partial charge in [0, 0.05) is 112 Å². The van der Waals surface area contributed by atoms with Crippen LogP contribution in [0.3, 0.4) is 0 Å². The molecule has 13 heteroatoms. The number of likely N-dealkylation sites (N-methyl/N-ethyl adjacent to an activating group) is 2. The average molecular weight is 1480 g/mol. The SMILES string of the molecule is C=C(C)[C@@H]1CCC(C)=C[C@H]1c1c(O)cc(CCCCC)cc1OC(=O)CCC(C)(C)C1CN1C.C=C(C)[C@@H]1CCC(C)=C[C@H]1c1c(O)cc(CCCCC)cc1OC(=O)CCC1CN1Cc1ccccc1.C=C(C)[C@@H]1CCC(C)=C[C@H]1c1c(O)cc(CCCCC)cc1OC([CH2-])=O.[CH2-]C1CN1C.[Y]. The van der Waals surface area contributed by atoms with Crippen molar-refractivity contribution in [1.29, 1.82) is 0 Å². The first-order chi connectivity index (χ1) is 48.5. The number of rotatable bonds is 30. The van der Waals surface area contributed by atoms with E-state index in [0.29, 0.717) is 53.8 Å². The van der Waals surface area contributed by atoms with E-state index in [1.807, 2.05) is 49.4 Å². The number of nitrogens with zero attached hydrogens (tertiary/aromatic N) is 3. The van der Waals surface area contributed by atoms with Crippen molar-refractivity contribution < 1.29 is 76.6 Å². The summed E-state index contributed by atoms with van der Waals surface area (Å²) < 4.78 is 17.5. The minimum atomic E-state index is -0.611. The van der Waals surface area contributed by atoms with Crippen molar-refractivity contribution in [2.75, 3.05) is 33.7 Å². The number of benzene rings is 4. The molecule has 0 amide bonds. The molecule has 103 heavy (non-hydrogen) atoms. The van der Waals surface area contributed by atoms with Crippen LogP contribution in [0.15, 0.2) is 138 Å². The van der Waals surface area contributed by atoms with Crippen molar-refractivity contribution in [3.05, 3.63) is 191 Å². The Kier molecular flexibility index (Phi) is 34.4. The number of phenolic OH excluding ortho intramolecular Hbond substituents is 3. The topological polar surface area (TPSA) is 149 Å². The first-order valence-electron chi connectivity index (χ1n) is 38.5. The van der Waals surface area contributed by atoms with E-state index < -0.39 is 5.97 Å². The van der Waals surface area contributed by atoms with Gasteiger partial charge in [0.2, 0.25) is 0 Å². The zero-order valence-electron chi connectivity index (χ0n) is 65.4. The van der Waals surface area contributed by atoms with E-state index in [1.165, 1.54) is 28.8 Å². The Hall–Kier alpha value is -6.02. The molecule has 3 aliphatic carbocycles. The molecule has 561 valence electrons. The fraction of sp³-hybridized carbons (Fsp3) is 0.544. The standard InChI is InChI=1S/C33H43NO3.C30H45NO3.C23H31O3.C4H8N.Y/c1-5-6-8-13-26-19-30(35)33(29-18-24(4)14-16-28(29)23(2)3)31(20-26)37-32(36)17-15-27-22-34(27)21-25-11-9-7-10-12-25;1-8-9-10-11-22-17-25(32)29(24-16-21(4)12-13-23(24)20(2)3)26(18-22)34-28(33)14-15-30(5,6)27-19-31(27)7;1-6-7-8-9-18-13-21(25)23(22(14-18)26-17(5)24)20-12-16(4)10-11-19(20)15(2)3;1-4-3-5(4)2;/h7,9-12,18-20,27-29,35H,2,5-6,8,13-17,21-22H2,1,3-4H3;16-18,23-24,27,32H,2,8-15,19H2,1,3-7H3;12-14,19-20,25H,2,5-11H2,1,3-4H3;4H,1,3H2,2H3;/q;;2*-1;/t27?,28-,29+,34?;23-,24+,27?,31?;19-,20+;;/m000../s1. The quantitative estimate of drug-likeness (QED) is 0.0114. The van der Waals surface area contributed by atoms with Crippen LogP contribution in [0.25, 0.3) is 0 Å². The van der Waals surface area contributed by atoms with Crippen LogP contribution in [0.2, 0.25) is 0 Å². The molecule has 0 aromatic heterocycles. The van der Waals surface area contributed by atoms with Gasteiger partial charge < -0.3 is 46.3 Å². The predicted octanol–water partition coefficient (Wildman–Crippen LogP) is 20.9. The number of aryl methyl sites for hydroxylation is 3.